The molecule has 6 heteroatoms. The Balaban J connectivity index is 1.57. The third kappa shape index (κ3) is 4.80. The first-order chi connectivity index (χ1) is 12.7. The van der Waals surface area contributed by atoms with Crippen LogP contribution >= 0.6 is 0 Å². The van der Waals surface area contributed by atoms with Gasteiger partial charge in [0.1, 0.15) is 11.4 Å². The molecule has 3 rings (SSSR count). The third-order valence-electron chi connectivity index (χ3n) is 3.85. The molecular weight excluding hydrogens is 328 g/mol. The number of methoxy groups -OCH3 is 1. The fourth-order valence-corrected chi connectivity index (χ4v) is 2.39. The summed E-state index contributed by atoms with van der Waals surface area (Å²) in [4.78, 5) is 20.5. The van der Waals surface area contributed by atoms with Crippen molar-refractivity contribution in [1.29, 1.82) is 0 Å². The molecule has 0 unspecified atom stereocenters. The molecule has 0 aliphatic rings. The Bertz CT molecular complexity index is 851. The van der Waals surface area contributed by atoms with E-state index < -0.39 is 0 Å². The smallest absolute Gasteiger partial charge is 0.270 e. The highest BCUT2D eigenvalue weighted by molar-refractivity contribution is 5.93. The number of anilines is 1. The highest BCUT2D eigenvalue weighted by Crippen LogP contribution is 2.12. The third-order valence-corrected chi connectivity index (χ3v) is 3.85. The summed E-state index contributed by atoms with van der Waals surface area (Å²) in [7, 11) is 1.62. The second-order valence-electron chi connectivity index (χ2n) is 5.67. The van der Waals surface area contributed by atoms with Gasteiger partial charge in [-0.2, -0.15) is 0 Å². The number of pyridine rings is 2. The maximum absolute atomic E-state index is 12.3. The van der Waals surface area contributed by atoms with Crippen molar-refractivity contribution in [3.05, 3.63) is 83.9 Å². The van der Waals surface area contributed by atoms with Gasteiger partial charge in [0.15, 0.2) is 0 Å². The molecule has 0 bridgehead atoms. The number of rotatable bonds is 7. The van der Waals surface area contributed by atoms with E-state index in [1.807, 2.05) is 42.5 Å². The number of hydrogen-bond acceptors (Lipinski definition) is 5. The molecule has 6 nitrogen and oxygen atoms in total. The summed E-state index contributed by atoms with van der Waals surface area (Å²) in [5, 5.41) is 6.16. The van der Waals surface area contributed by atoms with E-state index in [-0.39, 0.29) is 5.91 Å². The standard InChI is InChI=1S/C20H20N4O2/c1-26-18-4-2-15(3-5-18)14-24-20(25)19-12-17(8-11-22-19)23-13-16-6-9-21-10-7-16/h2-12H,13-14H2,1H3,(H,22,23)(H,24,25). The molecule has 2 heterocycles. The number of aromatic nitrogens is 2. The minimum Gasteiger partial charge on any atom is -0.497 e. The van der Waals surface area contributed by atoms with Gasteiger partial charge in [-0.05, 0) is 47.5 Å². The lowest BCUT2D eigenvalue weighted by Gasteiger charge is -2.09. The summed E-state index contributed by atoms with van der Waals surface area (Å²) in [6, 6.07) is 15.0. The quantitative estimate of drug-likeness (QED) is 0.686. The second kappa shape index (κ2) is 8.62. The normalized spacial score (nSPS) is 10.2. The monoisotopic (exact) mass is 348 g/mol. The Labute approximate surface area is 152 Å². The fourth-order valence-electron chi connectivity index (χ4n) is 2.39. The van der Waals surface area contributed by atoms with E-state index in [0.29, 0.717) is 18.8 Å². The van der Waals surface area contributed by atoms with Crippen molar-refractivity contribution in [2.75, 3.05) is 12.4 Å². The average Bonchev–Trinajstić information content (AvgIpc) is 2.72. The summed E-state index contributed by atoms with van der Waals surface area (Å²) in [5.41, 5.74) is 3.32. The second-order valence-corrected chi connectivity index (χ2v) is 5.67. The number of amides is 1. The number of benzene rings is 1. The number of nitrogens with one attached hydrogen (secondary N) is 2. The van der Waals surface area contributed by atoms with Crippen LogP contribution < -0.4 is 15.4 Å². The van der Waals surface area contributed by atoms with E-state index in [1.54, 1.807) is 31.8 Å². The van der Waals surface area contributed by atoms with Crippen LogP contribution in [0.1, 0.15) is 21.6 Å². The zero-order chi connectivity index (χ0) is 18.2. The van der Waals surface area contributed by atoms with E-state index in [1.165, 1.54) is 0 Å². The molecule has 0 aliphatic heterocycles. The van der Waals surface area contributed by atoms with Gasteiger partial charge in [-0.25, -0.2) is 0 Å². The molecule has 26 heavy (non-hydrogen) atoms. The Morgan fingerprint density at radius 3 is 2.42 bits per heavy atom. The predicted molar refractivity (Wildman–Crippen MR) is 100.0 cm³/mol. The molecule has 2 aromatic heterocycles. The first-order valence-electron chi connectivity index (χ1n) is 8.24. The minimum absolute atomic E-state index is 0.214. The number of ether oxygens (including phenoxy) is 1. The summed E-state index contributed by atoms with van der Waals surface area (Å²) in [5.74, 6) is 0.572. The van der Waals surface area contributed by atoms with Gasteiger partial charge >= 0.3 is 0 Å². The molecule has 0 fully saturated rings. The van der Waals surface area contributed by atoms with E-state index in [0.717, 1.165) is 22.6 Å². The number of nitrogens with zero attached hydrogens (tertiary/aromatic N) is 2. The van der Waals surface area contributed by atoms with Crippen molar-refractivity contribution < 1.29 is 9.53 Å². The lowest BCUT2D eigenvalue weighted by Crippen LogP contribution is -2.23. The molecule has 0 saturated carbocycles. The molecule has 3 aromatic rings. The zero-order valence-corrected chi connectivity index (χ0v) is 14.5. The first kappa shape index (κ1) is 17.4. The van der Waals surface area contributed by atoms with Crippen LogP contribution in [0.4, 0.5) is 5.69 Å². The maximum atomic E-state index is 12.3. The topological polar surface area (TPSA) is 76.1 Å². The van der Waals surface area contributed by atoms with Crippen LogP contribution in [0.5, 0.6) is 5.75 Å². The number of hydrogen-bond donors (Lipinski definition) is 2. The molecule has 1 amide bonds. The number of carbonyl (C=O) groups is 1. The van der Waals surface area contributed by atoms with Crippen molar-refractivity contribution in [3.63, 3.8) is 0 Å². The van der Waals surface area contributed by atoms with Crippen molar-refractivity contribution >= 4 is 11.6 Å². The van der Waals surface area contributed by atoms with Crippen LogP contribution in [0.2, 0.25) is 0 Å². The Hall–Kier alpha value is -3.41. The maximum Gasteiger partial charge on any atom is 0.270 e. The SMILES string of the molecule is COc1ccc(CNC(=O)c2cc(NCc3ccncc3)ccn2)cc1. The minimum atomic E-state index is -0.214. The van der Waals surface area contributed by atoms with E-state index in [9.17, 15) is 4.79 Å². The molecule has 0 atom stereocenters. The van der Waals surface area contributed by atoms with Crippen LogP contribution in [0.25, 0.3) is 0 Å². The van der Waals surface area contributed by atoms with Crippen LogP contribution in [0.15, 0.2) is 67.1 Å². The predicted octanol–water partition coefficient (Wildman–Crippen LogP) is 3.03. The van der Waals surface area contributed by atoms with Gasteiger partial charge in [0.05, 0.1) is 7.11 Å². The summed E-state index contributed by atoms with van der Waals surface area (Å²) < 4.78 is 5.12. The first-order valence-corrected chi connectivity index (χ1v) is 8.24. The number of carbonyl (C=O) groups excluding carboxylic acids is 1. The van der Waals surface area contributed by atoms with Crippen molar-refractivity contribution in [3.8, 4) is 5.75 Å². The van der Waals surface area contributed by atoms with Gasteiger partial charge in [0.2, 0.25) is 0 Å². The Morgan fingerprint density at radius 1 is 0.962 bits per heavy atom. The molecule has 0 spiro atoms. The molecular formula is C20H20N4O2. The Kier molecular flexibility index (Phi) is 5.77. The molecule has 0 radical (unpaired) electrons. The van der Waals surface area contributed by atoms with E-state index in [4.69, 9.17) is 4.74 Å². The molecule has 132 valence electrons. The van der Waals surface area contributed by atoms with Gasteiger partial charge < -0.3 is 15.4 Å². The molecule has 2 N–H and O–H groups in total. The van der Waals surface area contributed by atoms with Gasteiger partial charge in [-0.3, -0.25) is 14.8 Å². The van der Waals surface area contributed by atoms with Gasteiger partial charge in [-0.15, -0.1) is 0 Å². The lowest BCUT2D eigenvalue weighted by molar-refractivity contribution is 0.0946. The molecule has 1 aromatic carbocycles. The highest BCUT2D eigenvalue weighted by atomic mass is 16.5. The van der Waals surface area contributed by atoms with Crippen molar-refractivity contribution in [2.24, 2.45) is 0 Å². The van der Waals surface area contributed by atoms with Crippen LogP contribution in [-0.2, 0) is 13.1 Å². The van der Waals surface area contributed by atoms with Gasteiger partial charge in [0.25, 0.3) is 5.91 Å². The average molecular weight is 348 g/mol. The van der Waals surface area contributed by atoms with Crippen LogP contribution in [-0.4, -0.2) is 23.0 Å². The van der Waals surface area contributed by atoms with Gasteiger partial charge in [0, 0.05) is 37.4 Å². The van der Waals surface area contributed by atoms with Crippen molar-refractivity contribution in [1.82, 2.24) is 15.3 Å². The van der Waals surface area contributed by atoms with Crippen molar-refractivity contribution in [2.45, 2.75) is 13.1 Å². The fraction of sp³-hybridized carbons (Fsp3) is 0.150. The zero-order valence-electron chi connectivity index (χ0n) is 14.5. The summed E-state index contributed by atoms with van der Waals surface area (Å²) in [6.45, 7) is 1.08. The Morgan fingerprint density at radius 2 is 1.69 bits per heavy atom. The summed E-state index contributed by atoms with van der Waals surface area (Å²) >= 11 is 0. The molecule has 0 aliphatic carbocycles. The van der Waals surface area contributed by atoms with Gasteiger partial charge in [-0.1, -0.05) is 12.1 Å². The highest BCUT2D eigenvalue weighted by Gasteiger charge is 2.08. The summed E-state index contributed by atoms with van der Waals surface area (Å²) in [6.07, 6.45) is 5.13. The van der Waals surface area contributed by atoms with E-state index >= 15 is 0 Å². The lowest BCUT2D eigenvalue weighted by atomic mass is 10.2. The van der Waals surface area contributed by atoms with Crippen LogP contribution in [0, 0.1) is 0 Å². The molecule has 0 saturated heterocycles. The largest absolute Gasteiger partial charge is 0.497 e. The van der Waals surface area contributed by atoms with E-state index in [2.05, 4.69) is 20.6 Å². The van der Waals surface area contributed by atoms with Crippen LogP contribution in [0.3, 0.4) is 0 Å².